The van der Waals surface area contributed by atoms with Crippen molar-refractivity contribution >= 4 is 17.5 Å². The van der Waals surface area contributed by atoms with Crippen LogP contribution in [-0.2, 0) is 17.4 Å². The van der Waals surface area contributed by atoms with Crippen LogP contribution in [-0.4, -0.2) is 33.9 Å². The first-order valence-corrected chi connectivity index (χ1v) is 7.12. The lowest BCUT2D eigenvalue weighted by molar-refractivity contribution is -0.124. The maximum Gasteiger partial charge on any atom is 0.258 e. The normalized spacial score (nSPS) is 13.5. The second kappa shape index (κ2) is 6.81. The third-order valence-electron chi connectivity index (χ3n) is 3.15. The van der Waals surface area contributed by atoms with E-state index in [2.05, 4.69) is 10.4 Å². The molecule has 0 saturated heterocycles. The van der Waals surface area contributed by atoms with Gasteiger partial charge in [-0.1, -0.05) is 23.7 Å². The van der Waals surface area contributed by atoms with Gasteiger partial charge in [-0.2, -0.15) is 5.10 Å². The summed E-state index contributed by atoms with van der Waals surface area (Å²) >= 11 is 5.93. The van der Waals surface area contributed by atoms with Gasteiger partial charge < -0.3 is 15.2 Å². The van der Waals surface area contributed by atoms with Crippen molar-refractivity contribution in [2.75, 3.05) is 13.2 Å². The molecule has 1 unspecified atom stereocenters. The van der Waals surface area contributed by atoms with Crippen LogP contribution in [0.5, 0.6) is 5.75 Å². The number of para-hydroxylation sites is 1. The number of ether oxygens (including phenoxy) is 1. The van der Waals surface area contributed by atoms with Gasteiger partial charge in [0, 0.05) is 18.8 Å². The van der Waals surface area contributed by atoms with E-state index in [1.54, 1.807) is 55.3 Å². The highest BCUT2D eigenvalue weighted by Crippen LogP contribution is 2.23. The van der Waals surface area contributed by atoms with Crippen molar-refractivity contribution in [3.05, 3.63) is 47.2 Å². The van der Waals surface area contributed by atoms with E-state index >= 15 is 0 Å². The zero-order chi connectivity index (χ0) is 16.2. The molecule has 2 rings (SSSR count). The Morgan fingerprint density at radius 3 is 2.86 bits per heavy atom. The average molecular weight is 324 g/mol. The van der Waals surface area contributed by atoms with Gasteiger partial charge in [0.15, 0.2) is 6.61 Å². The number of nitrogens with zero attached hydrogens (tertiary/aromatic N) is 2. The van der Waals surface area contributed by atoms with Crippen molar-refractivity contribution in [1.29, 1.82) is 0 Å². The molecule has 1 atom stereocenters. The number of aliphatic hydroxyl groups is 1. The Kier molecular flexibility index (Phi) is 5.05. The van der Waals surface area contributed by atoms with E-state index in [0.29, 0.717) is 16.3 Å². The summed E-state index contributed by atoms with van der Waals surface area (Å²) in [5.41, 5.74) is -0.573. The van der Waals surface area contributed by atoms with Gasteiger partial charge in [0.25, 0.3) is 5.91 Å². The van der Waals surface area contributed by atoms with Crippen molar-refractivity contribution in [2.45, 2.75) is 12.5 Å². The summed E-state index contributed by atoms with van der Waals surface area (Å²) in [7, 11) is 1.76. The summed E-state index contributed by atoms with van der Waals surface area (Å²) in [6, 6.07) is 6.91. The van der Waals surface area contributed by atoms with Crippen molar-refractivity contribution in [3.8, 4) is 5.75 Å². The largest absolute Gasteiger partial charge is 0.482 e. The highest BCUT2D eigenvalue weighted by Gasteiger charge is 2.25. The highest BCUT2D eigenvalue weighted by atomic mass is 35.5. The zero-order valence-electron chi connectivity index (χ0n) is 12.4. The standard InChI is InChI=1S/C15H18ClN3O3/c1-15(21,11-7-18-19(2)8-11)10-17-14(20)9-22-13-6-4-3-5-12(13)16/h3-8,21H,9-10H2,1-2H3,(H,17,20). The third-order valence-corrected chi connectivity index (χ3v) is 3.46. The van der Waals surface area contributed by atoms with Crippen molar-refractivity contribution in [2.24, 2.45) is 7.05 Å². The SMILES string of the molecule is Cn1cc(C(C)(O)CNC(=O)COc2ccccc2Cl)cn1. The fraction of sp³-hybridized carbons (Fsp3) is 0.333. The van der Waals surface area contributed by atoms with Crippen LogP contribution < -0.4 is 10.1 Å². The Morgan fingerprint density at radius 2 is 2.23 bits per heavy atom. The second-order valence-corrected chi connectivity index (χ2v) is 5.58. The summed E-state index contributed by atoms with van der Waals surface area (Å²) in [6.45, 7) is 1.50. The molecule has 0 bridgehead atoms. The van der Waals surface area contributed by atoms with Gasteiger partial charge in [-0.05, 0) is 19.1 Å². The van der Waals surface area contributed by atoms with Crippen molar-refractivity contribution in [3.63, 3.8) is 0 Å². The lowest BCUT2D eigenvalue weighted by atomic mass is 10.00. The molecule has 1 heterocycles. The summed E-state index contributed by atoms with van der Waals surface area (Å²) in [6.07, 6.45) is 3.26. The van der Waals surface area contributed by atoms with Gasteiger partial charge in [-0.3, -0.25) is 9.48 Å². The molecule has 1 aromatic heterocycles. The minimum Gasteiger partial charge on any atom is -0.482 e. The molecule has 6 nitrogen and oxygen atoms in total. The number of nitrogens with one attached hydrogen (secondary N) is 1. The van der Waals surface area contributed by atoms with E-state index in [0.717, 1.165) is 0 Å². The number of aromatic nitrogens is 2. The van der Waals surface area contributed by atoms with Crippen LogP contribution in [0.4, 0.5) is 0 Å². The van der Waals surface area contributed by atoms with Crippen LogP contribution in [0.25, 0.3) is 0 Å². The number of halogens is 1. The van der Waals surface area contributed by atoms with Gasteiger partial charge in [0.1, 0.15) is 11.4 Å². The molecule has 0 aliphatic rings. The monoisotopic (exact) mass is 323 g/mol. The van der Waals surface area contributed by atoms with Gasteiger partial charge in [-0.25, -0.2) is 0 Å². The Bertz CT molecular complexity index is 655. The van der Waals surface area contributed by atoms with Crippen LogP contribution in [0.3, 0.4) is 0 Å². The fourth-order valence-electron chi connectivity index (χ4n) is 1.83. The van der Waals surface area contributed by atoms with E-state index < -0.39 is 5.60 Å². The fourth-order valence-corrected chi connectivity index (χ4v) is 2.02. The van der Waals surface area contributed by atoms with Crippen LogP contribution in [0.15, 0.2) is 36.7 Å². The smallest absolute Gasteiger partial charge is 0.258 e. The molecule has 2 N–H and O–H groups in total. The molecule has 0 aliphatic heterocycles. The predicted molar refractivity (Wildman–Crippen MR) is 82.7 cm³/mol. The lowest BCUT2D eigenvalue weighted by Crippen LogP contribution is -2.40. The molecule has 0 spiro atoms. The second-order valence-electron chi connectivity index (χ2n) is 5.17. The Morgan fingerprint density at radius 1 is 1.50 bits per heavy atom. The summed E-state index contributed by atoms with van der Waals surface area (Å²) in [4.78, 5) is 11.8. The maximum atomic E-state index is 11.8. The first-order valence-electron chi connectivity index (χ1n) is 6.74. The first kappa shape index (κ1) is 16.3. The number of hydrogen-bond donors (Lipinski definition) is 2. The number of carbonyl (C=O) groups excluding carboxylic acids is 1. The number of amides is 1. The topological polar surface area (TPSA) is 76.4 Å². The van der Waals surface area contributed by atoms with Crippen LogP contribution in [0.1, 0.15) is 12.5 Å². The minimum atomic E-state index is -1.20. The van der Waals surface area contributed by atoms with Crippen LogP contribution >= 0.6 is 11.6 Å². The van der Waals surface area contributed by atoms with Gasteiger partial charge in [0.2, 0.25) is 0 Å². The molecular weight excluding hydrogens is 306 g/mol. The van der Waals surface area contributed by atoms with E-state index in [9.17, 15) is 9.90 Å². The maximum absolute atomic E-state index is 11.8. The van der Waals surface area contributed by atoms with Gasteiger partial charge in [-0.15, -0.1) is 0 Å². The average Bonchev–Trinajstić information content (AvgIpc) is 2.92. The molecule has 118 valence electrons. The lowest BCUT2D eigenvalue weighted by Gasteiger charge is -2.22. The third kappa shape index (κ3) is 4.22. The van der Waals surface area contributed by atoms with Gasteiger partial charge in [0.05, 0.1) is 17.8 Å². The van der Waals surface area contributed by atoms with Gasteiger partial charge >= 0.3 is 0 Å². The zero-order valence-corrected chi connectivity index (χ0v) is 13.2. The number of hydrogen-bond acceptors (Lipinski definition) is 4. The molecule has 0 saturated carbocycles. The Labute approximate surface area is 133 Å². The minimum absolute atomic E-state index is 0.0589. The van der Waals surface area contributed by atoms with Crippen molar-refractivity contribution in [1.82, 2.24) is 15.1 Å². The summed E-state index contributed by atoms with van der Waals surface area (Å²) < 4.78 is 6.92. The number of aryl methyl sites for hydroxylation is 1. The Balaban J connectivity index is 1.84. The highest BCUT2D eigenvalue weighted by molar-refractivity contribution is 6.32. The molecule has 22 heavy (non-hydrogen) atoms. The van der Waals surface area contributed by atoms with E-state index in [1.165, 1.54) is 0 Å². The van der Waals surface area contributed by atoms with E-state index in [-0.39, 0.29) is 19.1 Å². The van der Waals surface area contributed by atoms with Crippen LogP contribution in [0, 0.1) is 0 Å². The summed E-state index contributed by atoms with van der Waals surface area (Å²) in [5, 5.41) is 17.4. The number of benzene rings is 1. The summed E-state index contributed by atoms with van der Waals surface area (Å²) in [5.74, 6) is 0.0995. The molecular formula is C15H18ClN3O3. The van der Waals surface area contributed by atoms with Crippen molar-refractivity contribution < 1.29 is 14.6 Å². The number of rotatable bonds is 6. The quantitative estimate of drug-likeness (QED) is 0.844. The molecule has 0 radical (unpaired) electrons. The van der Waals surface area contributed by atoms with Crippen LogP contribution in [0.2, 0.25) is 5.02 Å². The molecule has 1 amide bonds. The first-order chi connectivity index (χ1) is 10.4. The van der Waals surface area contributed by atoms with E-state index in [1.807, 2.05) is 0 Å². The molecule has 0 fully saturated rings. The molecule has 0 aliphatic carbocycles. The van der Waals surface area contributed by atoms with E-state index in [4.69, 9.17) is 16.3 Å². The molecule has 1 aromatic carbocycles. The molecule has 2 aromatic rings. The molecule has 7 heteroatoms. The number of carbonyl (C=O) groups is 1. The Hall–Kier alpha value is -2.05. The predicted octanol–water partition coefficient (Wildman–Crippen LogP) is 1.48.